The Bertz CT molecular complexity index is 1550. The molecule has 3 heterocycles. The minimum absolute atomic E-state index is 0.238. The number of methoxy groups -OCH3 is 1. The van der Waals surface area contributed by atoms with E-state index in [1.807, 2.05) is 44.2 Å². The summed E-state index contributed by atoms with van der Waals surface area (Å²) in [6.45, 7) is 3.98. The van der Waals surface area contributed by atoms with Crippen LogP contribution in [0, 0.1) is 5.82 Å². The molecule has 0 aliphatic carbocycles. The number of carbonyl (C=O) groups excluding carboxylic acids is 1. The number of ether oxygens (including phenoxy) is 1. The second-order valence-corrected chi connectivity index (χ2v) is 10.3. The summed E-state index contributed by atoms with van der Waals surface area (Å²) < 4.78 is 20.1. The van der Waals surface area contributed by atoms with Crippen LogP contribution in [0.4, 0.5) is 15.8 Å². The lowest BCUT2D eigenvalue weighted by molar-refractivity contribution is -0.112. The molecule has 0 bridgehead atoms. The van der Waals surface area contributed by atoms with Gasteiger partial charge in [0.25, 0.3) is 5.91 Å². The number of amides is 1. The van der Waals surface area contributed by atoms with Crippen molar-refractivity contribution >= 4 is 51.4 Å². The van der Waals surface area contributed by atoms with Crippen molar-refractivity contribution in [1.29, 1.82) is 0 Å². The normalized spacial score (nSPS) is 17.0. The molecule has 0 spiro atoms. The Morgan fingerprint density at radius 2 is 1.86 bits per heavy atom. The van der Waals surface area contributed by atoms with E-state index in [-0.39, 0.29) is 11.6 Å². The second-order valence-electron chi connectivity index (χ2n) is 9.32. The maximum Gasteiger partial charge on any atom is 0.278 e. The zero-order valence-corrected chi connectivity index (χ0v) is 20.8. The van der Waals surface area contributed by atoms with Crippen LogP contribution in [0.1, 0.15) is 25.0 Å². The minimum Gasteiger partial charge on any atom is -0.497 e. The van der Waals surface area contributed by atoms with E-state index in [4.69, 9.17) is 4.74 Å². The summed E-state index contributed by atoms with van der Waals surface area (Å²) in [7, 11) is 1.59. The highest BCUT2D eigenvalue weighted by Crippen LogP contribution is 2.47. The molecule has 1 N–H and O–H groups in total. The van der Waals surface area contributed by atoms with Gasteiger partial charge in [0.1, 0.15) is 17.3 Å². The summed E-state index contributed by atoms with van der Waals surface area (Å²) in [6.07, 6.45) is 2.04. The van der Waals surface area contributed by atoms with E-state index in [2.05, 4.69) is 15.0 Å². The number of anilines is 1. The van der Waals surface area contributed by atoms with Crippen LogP contribution in [0.25, 0.3) is 16.6 Å². The zero-order valence-electron chi connectivity index (χ0n) is 20.0. The van der Waals surface area contributed by atoms with Crippen molar-refractivity contribution in [2.75, 3.05) is 17.8 Å². The Balaban J connectivity index is 1.40. The first kappa shape index (κ1) is 22.5. The van der Waals surface area contributed by atoms with Gasteiger partial charge in [-0.05, 0) is 68.0 Å². The van der Waals surface area contributed by atoms with Gasteiger partial charge >= 0.3 is 0 Å². The summed E-state index contributed by atoms with van der Waals surface area (Å²) in [5, 5.41) is 0.795. The molecule has 0 saturated carbocycles. The Morgan fingerprint density at radius 3 is 2.61 bits per heavy atom. The number of aromatic nitrogens is 2. The number of nitrogens with one attached hydrogen (secondary N) is 1. The van der Waals surface area contributed by atoms with Crippen LogP contribution >= 0.6 is 11.8 Å². The van der Waals surface area contributed by atoms with Crippen LogP contribution < -0.4 is 9.64 Å². The molecule has 2 aliphatic heterocycles. The van der Waals surface area contributed by atoms with Crippen LogP contribution in [0.5, 0.6) is 5.75 Å². The number of carbonyl (C=O) groups is 1. The Morgan fingerprint density at radius 1 is 1.11 bits per heavy atom. The first-order valence-electron chi connectivity index (χ1n) is 11.5. The smallest absolute Gasteiger partial charge is 0.278 e. The van der Waals surface area contributed by atoms with Gasteiger partial charge in [0.15, 0.2) is 5.16 Å². The predicted molar refractivity (Wildman–Crippen MR) is 142 cm³/mol. The molecule has 6 rings (SSSR count). The van der Waals surface area contributed by atoms with Crippen LogP contribution in [0.15, 0.2) is 76.9 Å². The first-order valence-corrected chi connectivity index (χ1v) is 12.5. The van der Waals surface area contributed by atoms with Gasteiger partial charge < -0.3 is 9.72 Å². The Labute approximate surface area is 211 Å². The number of fused-ring (bicyclic) bond motifs is 1. The highest BCUT2D eigenvalue weighted by Gasteiger charge is 2.46. The fourth-order valence-corrected chi connectivity index (χ4v) is 5.74. The van der Waals surface area contributed by atoms with Gasteiger partial charge in [0, 0.05) is 16.9 Å². The molecule has 1 aromatic heterocycles. The molecule has 6 nitrogen and oxygen atoms in total. The van der Waals surface area contributed by atoms with E-state index in [0.717, 1.165) is 21.8 Å². The van der Waals surface area contributed by atoms with Crippen molar-refractivity contribution in [3.63, 3.8) is 0 Å². The molecule has 1 amide bonds. The largest absolute Gasteiger partial charge is 0.497 e. The highest BCUT2D eigenvalue weighted by atomic mass is 32.2. The lowest BCUT2D eigenvalue weighted by atomic mass is 9.89. The molecule has 36 heavy (non-hydrogen) atoms. The predicted octanol–water partition coefficient (Wildman–Crippen LogP) is 6.15. The van der Waals surface area contributed by atoms with Gasteiger partial charge in [0.2, 0.25) is 0 Å². The lowest BCUT2D eigenvalue weighted by Gasteiger charge is -2.39. The van der Waals surface area contributed by atoms with Crippen molar-refractivity contribution in [2.45, 2.75) is 24.5 Å². The van der Waals surface area contributed by atoms with Gasteiger partial charge in [-0.1, -0.05) is 30.0 Å². The number of thioether (sulfide) groups is 1. The summed E-state index contributed by atoms with van der Waals surface area (Å²) >= 11 is 1.56. The Kier molecular flexibility index (Phi) is 5.22. The molecule has 0 fully saturated rings. The summed E-state index contributed by atoms with van der Waals surface area (Å²) in [5.41, 5.74) is 4.99. The number of rotatable bonds is 5. The van der Waals surface area contributed by atoms with E-state index in [0.29, 0.717) is 34.0 Å². The average Bonchev–Trinajstić information content (AvgIpc) is 3.40. The third kappa shape index (κ3) is 3.69. The van der Waals surface area contributed by atoms with Crippen LogP contribution in [-0.2, 0) is 4.79 Å². The molecule has 0 unspecified atom stereocenters. The summed E-state index contributed by atoms with van der Waals surface area (Å²) in [4.78, 5) is 28.0. The number of benzene rings is 3. The molecule has 180 valence electrons. The number of nitrogens with zero attached hydrogens (tertiary/aromatic N) is 3. The van der Waals surface area contributed by atoms with Crippen LogP contribution in [-0.4, -0.2) is 40.0 Å². The number of imidazole rings is 1. The molecule has 8 heteroatoms. The van der Waals surface area contributed by atoms with E-state index in [1.165, 1.54) is 12.1 Å². The topological polar surface area (TPSA) is 70.6 Å². The number of para-hydroxylation sites is 2. The SMILES string of the molecule is COc1ccc(N=C2C(=O)N3c4c(cc(F)cc42)C(CSc2nc4ccccc4[nH]2)=CC3(C)C)cc1. The number of halogens is 1. The number of aliphatic imine (C=N–C) groups is 1. The monoisotopic (exact) mass is 498 g/mol. The number of H-pyrrole nitrogens is 1. The fourth-order valence-electron chi connectivity index (χ4n) is 4.86. The molecular formula is C28H23FN4O2S. The minimum atomic E-state index is -0.613. The standard InChI is InChI=1S/C28H23FN4O2S/c1-28(2)14-16(15-36-27-31-22-6-4-5-7-23(22)32-27)20-12-17(29)13-21-24(26(34)33(28)25(20)21)30-18-8-10-19(35-3)11-9-18/h4-14H,15H2,1-3H3,(H,31,32). The number of aromatic amines is 1. The fraction of sp³-hybridized carbons (Fsp3) is 0.179. The molecule has 3 aromatic carbocycles. The number of hydrogen-bond donors (Lipinski definition) is 1. The van der Waals surface area contributed by atoms with Crippen molar-refractivity contribution < 1.29 is 13.9 Å². The van der Waals surface area contributed by atoms with E-state index in [1.54, 1.807) is 48.0 Å². The lowest BCUT2D eigenvalue weighted by Crippen LogP contribution is -2.48. The van der Waals surface area contributed by atoms with Gasteiger partial charge in [-0.25, -0.2) is 14.4 Å². The Hall–Kier alpha value is -3.91. The summed E-state index contributed by atoms with van der Waals surface area (Å²) in [6, 6.07) is 17.9. The van der Waals surface area contributed by atoms with Crippen molar-refractivity contribution in [3.05, 3.63) is 83.7 Å². The maximum absolute atomic E-state index is 14.9. The van der Waals surface area contributed by atoms with E-state index in [9.17, 15) is 9.18 Å². The molecule has 0 saturated heterocycles. The highest BCUT2D eigenvalue weighted by molar-refractivity contribution is 7.99. The molecule has 2 aliphatic rings. The molecule has 0 atom stereocenters. The van der Waals surface area contributed by atoms with E-state index < -0.39 is 11.4 Å². The zero-order chi connectivity index (χ0) is 25.0. The maximum atomic E-state index is 14.9. The van der Waals surface area contributed by atoms with Crippen LogP contribution in [0.2, 0.25) is 0 Å². The van der Waals surface area contributed by atoms with Crippen LogP contribution in [0.3, 0.4) is 0 Å². The third-order valence-corrected chi connectivity index (χ3v) is 7.38. The first-order chi connectivity index (χ1) is 17.3. The van der Waals surface area contributed by atoms with Gasteiger partial charge in [-0.2, -0.15) is 0 Å². The van der Waals surface area contributed by atoms with Crippen molar-refractivity contribution in [1.82, 2.24) is 9.97 Å². The second kappa shape index (κ2) is 8.34. The molecule has 4 aromatic rings. The van der Waals surface area contributed by atoms with Gasteiger partial charge in [-0.3, -0.25) is 9.69 Å². The quantitative estimate of drug-likeness (QED) is 0.335. The average molecular weight is 499 g/mol. The van der Waals surface area contributed by atoms with E-state index >= 15 is 0 Å². The molecule has 0 radical (unpaired) electrons. The van der Waals surface area contributed by atoms with Crippen molar-refractivity contribution in [2.24, 2.45) is 4.99 Å². The number of hydrogen-bond acceptors (Lipinski definition) is 5. The summed E-state index contributed by atoms with van der Waals surface area (Å²) in [5.74, 6) is 0.631. The molecular weight excluding hydrogens is 475 g/mol. The van der Waals surface area contributed by atoms with Gasteiger partial charge in [-0.15, -0.1) is 0 Å². The van der Waals surface area contributed by atoms with Gasteiger partial charge in [0.05, 0.1) is 35.1 Å². The van der Waals surface area contributed by atoms with Crippen molar-refractivity contribution in [3.8, 4) is 5.75 Å². The third-order valence-electron chi connectivity index (χ3n) is 6.45.